The van der Waals surface area contributed by atoms with E-state index in [0.29, 0.717) is 15.8 Å². The first-order valence-electron chi connectivity index (χ1n) is 4.61. The van der Waals surface area contributed by atoms with Gasteiger partial charge in [0.15, 0.2) is 0 Å². The van der Waals surface area contributed by atoms with Crippen LogP contribution in [-0.4, -0.2) is 7.11 Å². The van der Waals surface area contributed by atoms with E-state index in [2.05, 4.69) is 13.0 Å². The molecule has 0 atom stereocenters. The Morgan fingerprint density at radius 3 is 2.60 bits per heavy atom. The maximum absolute atomic E-state index is 6.18. The third-order valence-electron chi connectivity index (χ3n) is 2.28. The van der Waals surface area contributed by atoms with Gasteiger partial charge in [-0.25, -0.2) is 0 Å². The van der Waals surface area contributed by atoms with Gasteiger partial charge >= 0.3 is 0 Å². The molecular weight excluding hydrogens is 251 g/mol. The number of ether oxygens (including phenoxy) is 1. The summed E-state index contributed by atoms with van der Waals surface area (Å²) in [6.07, 6.45) is 1.01. The fourth-order valence-corrected chi connectivity index (χ4v) is 3.09. The van der Waals surface area contributed by atoms with Crippen LogP contribution < -0.4 is 4.74 Å². The highest BCUT2D eigenvalue weighted by atomic mass is 35.5. The molecular formula is C11H10Cl2OS. The van der Waals surface area contributed by atoms with E-state index >= 15 is 0 Å². The number of hydrogen-bond donors (Lipinski definition) is 0. The molecule has 1 nitrogen and oxygen atoms in total. The Morgan fingerprint density at radius 2 is 2.00 bits per heavy atom. The molecule has 15 heavy (non-hydrogen) atoms. The monoisotopic (exact) mass is 260 g/mol. The van der Waals surface area contributed by atoms with Crippen molar-refractivity contribution in [2.45, 2.75) is 13.3 Å². The predicted octanol–water partition coefficient (Wildman–Crippen LogP) is 4.78. The standard InChI is InChI=1S/C11H10Cl2OS/c1-3-7-4-6-5-8(14-2)9(12)10(13)11(6)15-7/h4-5H,3H2,1-2H3. The lowest BCUT2D eigenvalue weighted by atomic mass is 10.2. The fraction of sp³-hybridized carbons (Fsp3) is 0.273. The van der Waals surface area contributed by atoms with Gasteiger partial charge in [0.2, 0.25) is 0 Å². The van der Waals surface area contributed by atoms with Crippen molar-refractivity contribution >= 4 is 44.6 Å². The van der Waals surface area contributed by atoms with E-state index in [9.17, 15) is 0 Å². The summed E-state index contributed by atoms with van der Waals surface area (Å²) in [5.41, 5.74) is 0. The third kappa shape index (κ3) is 1.82. The summed E-state index contributed by atoms with van der Waals surface area (Å²) in [6, 6.07) is 4.06. The van der Waals surface area contributed by atoms with E-state index in [4.69, 9.17) is 27.9 Å². The number of halogens is 2. The molecule has 0 saturated heterocycles. The van der Waals surface area contributed by atoms with Crippen LogP contribution in [-0.2, 0) is 6.42 Å². The van der Waals surface area contributed by atoms with Crippen molar-refractivity contribution in [2.75, 3.05) is 7.11 Å². The minimum atomic E-state index is 0.496. The van der Waals surface area contributed by atoms with Crippen LogP contribution in [0.15, 0.2) is 12.1 Å². The number of rotatable bonds is 2. The molecule has 0 amide bonds. The number of hydrogen-bond acceptors (Lipinski definition) is 2. The molecule has 2 rings (SSSR count). The van der Waals surface area contributed by atoms with E-state index < -0.39 is 0 Å². The largest absolute Gasteiger partial charge is 0.495 e. The molecule has 0 saturated carbocycles. The summed E-state index contributed by atoms with van der Waals surface area (Å²) < 4.78 is 6.21. The zero-order chi connectivity index (χ0) is 11.0. The summed E-state index contributed by atoms with van der Waals surface area (Å²) in [6.45, 7) is 2.12. The van der Waals surface area contributed by atoms with Crippen LogP contribution in [0, 0.1) is 0 Å². The van der Waals surface area contributed by atoms with Gasteiger partial charge in [-0.2, -0.15) is 0 Å². The molecule has 1 aromatic carbocycles. The smallest absolute Gasteiger partial charge is 0.139 e. The molecule has 0 fully saturated rings. The Balaban J connectivity index is 2.75. The highest BCUT2D eigenvalue weighted by Gasteiger charge is 2.13. The number of thiophene rings is 1. The van der Waals surface area contributed by atoms with Gasteiger partial charge in [0.05, 0.1) is 16.8 Å². The topological polar surface area (TPSA) is 9.23 Å². The molecule has 4 heteroatoms. The van der Waals surface area contributed by atoms with Crippen molar-refractivity contribution in [3.05, 3.63) is 27.1 Å². The van der Waals surface area contributed by atoms with Crippen molar-refractivity contribution < 1.29 is 4.74 Å². The second-order valence-corrected chi connectivity index (χ2v) is 5.08. The SMILES string of the molecule is CCc1cc2cc(OC)c(Cl)c(Cl)c2s1. The van der Waals surface area contributed by atoms with Crippen LogP contribution in [0.5, 0.6) is 5.75 Å². The van der Waals surface area contributed by atoms with Gasteiger partial charge in [-0.05, 0) is 23.9 Å². The van der Waals surface area contributed by atoms with Gasteiger partial charge in [-0.1, -0.05) is 30.1 Å². The van der Waals surface area contributed by atoms with Crippen LogP contribution in [0.2, 0.25) is 10.0 Å². The van der Waals surface area contributed by atoms with Crippen LogP contribution in [0.4, 0.5) is 0 Å². The van der Waals surface area contributed by atoms with Crippen molar-refractivity contribution in [3.8, 4) is 5.75 Å². The summed E-state index contributed by atoms with van der Waals surface area (Å²) in [5, 5.41) is 2.19. The lowest BCUT2D eigenvalue weighted by molar-refractivity contribution is 0.415. The second-order valence-electron chi connectivity index (χ2n) is 3.19. The molecule has 0 aliphatic carbocycles. The Kier molecular flexibility index (Phi) is 3.10. The molecule has 1 aromatic heterocycles. The van der Waals surface area contributed by atoms with E-state index in [1.807, 2.05) is 6.07 Å². The fourth-order valence-electron chi connectivity index (χ4n) is 1.47. The zero-order valence-electron chi connectivity index (χ0n) is 8.43. The van der Waals surface area contributed by atoms with E-state index in [-0.39, 0.29) is 0 Å². The molecule has 0 aliphatic heterocycles. The molecule has 80 valence electrons. The number of methoxy groups -OCH3 is 1. The summed E-state index contributed by atoms with van der Waals surface area (Å²) in [4.78, 5) is 1.30. The van der Waals surface area contributed by atoms with E-state index in [1.165, 1.54) is 4.88 Å². The van der Waals surface area contributed by atoms with Gasteiger partial charge < -0.3 is 4.74 Å². The van der Waals surface area contributed by atoms with Crippen LogP contribution in [0.1, 0.15) is 11.8 Å². The summed E-state index contributed by atoms with van der Waals surface area (Å²) >= 11 is 13.9. The Labute approximate surface area is 103 Å². The van der Waals surface area contributed by atoms with E-state index in [1.54, 1.807) is 18.4 Å². The van der Waals surface area contributed by atoms with Crippen molar-refractivity contribution in [1.82, 2.24) is 0 Å². The number of fused-ring (bicyclic) bond motifs is 1. The second kappa shape index (κ2) is 4.20. The minimum absolute atomic E-state index is 0.496. The minimum Gasteiger partial charge on any atom is -0.495 e. The first-order valence-corrected chi connectivity index (χ1v) is 6.19. The Hall–Kier alpha value is -0.440. The van der Waals surface area contributed by atoms with Crippen LogP contribution in [0.25, 0.3) is 10.1 Å². The molecule has 0 N–H and O–H groups in total. The van der Waals surface area contributed by atoms with E-state index in [0.717, 1.165) is 16.5 Å². The molecule has 2 aromatic rings. The highest BCUT2D eigenvalue weighted by molar-refractivity contribution is 7.19. The molecule has 0 aliphatic rings. The van der Waals surface area contributed by atoms with Crippen LogP contribution in [0.3, 0.4) is 0 Å². The average Bonchev–Trinajstić information content (AvgIpc) is 2.66. The number of aryl methyl sites for hydroxylation is 1. The number of benzene rings is 1. The van der Waals surface area contributed by atoms with Crippen molar-refractivity contribution in [3.63, 3.8) is 0 Å². The van der Waals surface area contributed by atoms with Gasteiger partial charge in [0, 0.05) is 4.88 Å². The quantitative estimate of drug-likeness (QED) is 0.755. The molecule has 0 bridgehead atoms. The van der Waals surface area contributed by atoms with Gasteiger partial charge in [-0.3, -0.25) is 0 Å². The first kappa shape index (κ1) is 11.1. The van der Waals surface area contributed by atoms with Gasteiger partial charge in [0.1, 0.15) is 10.8 Å². The normalized spacial score (nSPS) is 10.9. The lowest BCUT2D eigenvalue weighted by Crippen LogP contribution is -1.84. The van der Waals surface area contributed by atoms with Crippen molar-refractivity contribution in [2.24, 2.45) is 0 Å². The zero-order valence-corrected chi connectivity index (χ0v) is 10.8. The Bertz CT molecular complexity index is 505. The Morgan fingerprint density at radius 1 is 1.27 bits per heavy atom. The molecule has 1 heterocycles. The lowest BCUT2D eigenvalue weighted by Gasteiger charge is -2.04. The molecule has 0 unspecified atom stereocenters. The predicted molar refractivity (Wildman–Crippen MR) is 67.8 cm³/mol. The van der Waals surface area contributed by atoms with Gasteiger partial charge in [0.25, 0.3) is 0 Å². The van der Waals surface area contributed by atoms with Gasteiger partial charge in [-0.15, -0.1) is 11.3 Å². The molecule has 0 radical (unpaired) electrons. The van der Waals surface area contributed by atoms with Crippen molar-refractivity contribution in [1.29, 1.82) is 0 Å². The maximum atomic E-state index is 6.18. The van der Waals surface area contributed by atoms with Crippen LogP contribution >= 0.6 is 34.5 Å². The average molecular weight is 261 g/mol. The maximum Gasteiger partial charge on any atom is 0.139 e. The summed E-state index contributed by atoms with van der Waals surface area (Å²) in [5.74, 6) is 0.634. The summed E-state index contributed by atoms with van der Waals surface area (Å²) in [7, 11) is 1.59. The molecule has 0 spiro atoms. The third-order valence-corrected chi connectivity index (χ3v) is 4.55. The first-order chi connectivity index (χ1) is 7.17. The highest BCUT2D eigenvalue weighted by Crippen LogP contribution is 2.42.